The van der Waals surface area contributed by atoms with Gasteiger partial charge in [-0.05, 0) is 19.0 Å². The molecule has 0 bridgehead atoms. The van der Waals surface area contributed by atoms with Gasteiger partial charge in [0.2, 0.25) is 0 Å². The number of unbranched alkanes of at least 4 members (excludes halogenated alkanes) is 3. The lowest BCUT2D eigenvalue weighted by atomic mass is 10.2. The second-order valence-electron chi connectivity index (χ2n) is 5.32. The minimum absolute atomic E-state index is 0.791. The van der Waals surface area contributed by atoms with Crippen molar-refractivity contribution in [1.82, 2.24) is 9.88 Å². The fourth-order valence-electron chi connectivity index (χ4n) is 2.66. The van der Waals surface area contributed by atoms with Crippen molar-refractivity contribution in [3.8, 4) is 0 Å². The van der Waals surface area contributed by atoms with Crippen LogP contribution in [0, 0.1) is 0 Å². The first-order chi connectivity index (χ1) is 9.31. The largest absolute Gasteiger partial charge is 0.396 e. The fraction of sp³-hybridized carbons (Fsp3) is 0.667. The monoisotopic (exact) mass is 262 g/mol. The molecule has 1 aromatic rings. The fourth-order valence-corrected chi connectivity index (χ4v) is 2.66. The number of pyridine rings is 1. The zero-order valence-corrected chi connectivity index (χ0v) is 12.0. The molecule has 1 aromatic heterocycles. The summed E-state index contributed by atoms with van der Waals surface area (Å²) >= 11 is 0. The maximum Gasteiger partial charge on any atom is 0.0738 e. The van der Waals surface area contributed by atoms with Crippen LogP contribution >= 0.6 is 0 Å². The van der Waals surface area contributed by atoms with Crippen LogP contribution in [0.3, 0.4) is 0 Å². The molecule has 0 amide bonds. The number of nitrogen functional groups attached to an aromatic ring is 1. The molecule has 2 N–H and O–H groups in total. The quantitative estimate of drug-likeness (QED) is 0.799. The van der Waals surface area contributed by atoms with Crippen LogP contribution in [0.5, 0.6) is 0 Å². The highest BCUT2D eigenvalue weighted by Crippen LogP contribution is 2.22. The molecule has 1 aliphatic heterocycles. The van der Waals surface area contributed by atoms with E-state index in [1.807, 2.05) is 12.3 Å². The van der Waals surface area contributed by atoms with Gasteiger partial charge in [0.15, 0.2) is 0 Å². The normalized spacial score (nSPS) is 16.8. The minimum Gasteiger partial charge on any atom is -0.396 e. The van der Waals surface area contributed by atoms with E-state index in [0.29, 0.717) is 0 Å². The van der Waals surface area contributed by atoms with Gasteiger partial charge in [0.25, 0.3) is 0 Å². The molecule has 4 heteroatoms. The third kappa shape index (κ3) is 4.10. The molecule has 2 rings (SSSR count). The summed E-state index contributed by atoms with van der Waals surface area (Å²) in [6.07, 6.45) is 8.96. The van der Waals surface area contributed by atoms with Crippen molar-refractivity contribution in [1.29, 1.82) is 0 Å². The standard InChI is InChI=1S/C15H26N4/c1-2-3-4-5-8-18-9-11-19(12-10-18)15-6-7-17-13-14(15)16/h6-7,13H,2-5,8-12,16H2,1H3. The number of rotatable bonds is 6. The van der Waals surface area contributed by atoms with Crippen molar-refractivity contribution in [2.45, 2.75) is 32.6 Å². The van der Waals surface area contributed by atoms with Crippen LogP contribution in [-0.4, -0.2) is 42.6 Å². The summed E-state index contributed by atoms with van der Waals surface area (Å²) < 4.78 is 0. The van der Waals surface area contributed by atoms with Gasteiger partial charge in [-0.3, -0.25) is 9.88 Å². The number of nitrogens with two attached hydrogens (primary N) is 1. The molecule has 0 unspecified atom stereocenters. The maximum atomic E-state index is 5.98. The van der Waals surface area contributed by atoms with Crippen molar-refractivity contribution in [3.05, 3.63) is 18.5 Å². The van der Waals surface area contributed by atoms with Crippen LogP contribution in [0.15, 0.2) is 18.5 Å². The maximum absolute atomic E-state index is 5.98. The molecular formula is C15H26N4. The van der Waals surface area contributed by atoms with Crippen LogP contribution in [0.1, 0.15) is 32.6 Å². The Morgan fingerprint density at radius 3 is 2.63 bits per heavy atom. The number of aromatic nitrogens is 1. The number of nitrogens with zero attached hydrogens (tertiary/aromatic N) is 3. The average Bonchev–Trinajstić information content (AvgIpc) is 2.45. The molecule has 19 heavy (non-hydrogen) atoms. The van der Waals surface area contributed by atoms with E-state index in [2.05, 4.69) is 21.7 Å². The van der Waals surface area contributed by atoms with Crippen LogP contribution in [0.4, 0.5) is 11.4 Å². The van der Waals surface area contributed by atoms with Gasteiger partial charge in [-0.25, -0.2) is 0 Å². The van der Waals surface area contributed by atoms with Crippen LogP contribution < -0.4 is 10.6 Å². The molecule has 0 spiro atoms. The number of hydrogen-bond acceptors (Lipinski definition) is 4. The van der Waals surface area contributed by atoms with Gasteiger partial charge in [0, 0.05) is 32.4 Å². The summed E-state index contributed by atoms with van der Waals surface area (Å²) in [5, 5.41) is 0. The van der Waals surface area contributed by atoms with Gasteiger partial charge in [-0.1, -0.05) is 26.2 Å². The highest BCUT2D eigenvalue weighted by atomic mass is 15.3. The second-order valence-corrected chi connectivity index (χ2v) is 5.32. The van der Waals surface area contributed by atoms with E-state index in [4.69, 9.17) is 5.73 Å². The molecule has 4 nitrogen and oxygen atoms in total. The molecule has 1 saturated heterocycles. The molecule has 1 fully saturated rings. The third-order valence-electron chi connectivity index (χ3n) is 3.87. The molecule has 106 valence electrons. The molecule has 0 radical (unpaired) electrons. The summed E-state index contributed by atoms with van der Waals surface area (Å²) in [6.45, 7) is 7.95. The summed E-state index contributed by atoms with van der Waals surface area (Å²) in [5.41, 5.74) is 7.91. The Morgan fingerprint density at radius 1 is 1.16 bits per heavy atom. The lowest BCUT2D eigenvalue weighted by molar-refractivity contribution is 0.252. The van der Waals surface area contributed by atoms with E-state index in [9.17, 15) is 0 Å². The van der Waals surface area contributed by atoms with Gasteiger partial charge < -0.3 is 10.6 Å². The molecule has 0 aromatic carbocycles. The topological polar surface area (TPSA) is 45.4 Å². The Kier molecular flexibility index (Phi) is 5.45. The van der Waals surface area contributed by atoms with E-state index in [0.717, 1.165) is 37.6 Å². The van der Waals surface area contributed by atoms with Crippen molar-refractivity contribution in [3.63, 3.8) is 0 Å². The second kappa shape index (κ2) is 7.34. The molecule has 1 aliphatic rings. The van der Waals surface area contributed by atoms with E-state index in [1.54, 1.807) is 6.20 Å². The third-order valence-corrected chi connectivity index (χ3v) is 3.87. The molecule has 0 atom stereocenters. The van der Waals surface area contributed by atoms with Gasteiger partial charge in [0.05, 0.1) is 17.6 Å². The number of piperazine rings is 1. The zero-order valence-electron chi connectivity index (χ0n) is 12.0. The van der Waals surface area contributed by atoms with E-state index in [1.165, 1.54) is 32.2 Å². The van der Waals surface area contributed by atoms with Gasteiger partial charge in [-0.15, -0.1) is 0 Å². The predicted molar refractivity (Wildman–Crippen MR) is 81.4 cm³/mol. The van der Waals surface area contributed by atoms with Crippen molar-refractivity contribution < 1.29 is 0 Å². The lowest BCUT2D eigenvalue weighted by Crippen LogP contribution is -2.46. The lowest BCUT2D eigenvalue weighted by Gasteiger charge is -2.36. The Balaban J connectivity index is 1.75. The van der Waals surface area contributed by atoms with Crippen molar-refractivity contribution in [2.75, 3.05) is 43.4 Å². The van der Waals surface area contributed by atoms with E-state index in [-0.39, 0.29) is 0 Å². The Labute approximate surface area is 116 Å². The van der Waals surface area contributed by atoms with E-state index < -0.39 is 0 Å². The number of anilines is 2. The summed E-state index contributed by atoms with van der Waals surface area (Å²) in [6, 6.07) is 2.02. The van der Waals surface area contributed by atoms with Gasteiger partial charge in [-0.2, -0.15) is 0 Å². The van der Waals surface area contributed by atoms with Crippen molar-refractivity contribution in [2.24, 2.45) is 0 Å². The predicted octanol–water partition coefficient (Wildman–Crippen LogP) is 2.37. The summed E-state index contributed by atoms with van der Waals surface area (Å²) in [5.74, 6) is 0. The van der Waals surface area contributed by atoms with Crippen LogP contribution in [0.25, 0.3) is 0 Å². The molecule has 0 saturated carbocycles. The Morgan fingerprint density at radius 2 is 1.95 bits per heavy atom. The highest BCUT2D eigenvalue weighted by molar-refractivity contribution is 5.66. The average molecular weight is 262 g/mol. The zero-order chi connectivity index (χ0) is 13.5. The number of hydrogen-bond donors (Lipinski definition) is 1. The minimum atomic E-state index is 0.791. The van der Waals surface area contributed by atoms with Crippen LogP contribution in [0.2, 0.25) is 0 Å². The van der Waals surface area contributed by atoms with Gasteiger partial charge >= 0.3 is 0 Å². The Hall–Kier alpha value is -1.29. The first kappa shape index (κ1) is 14.1. The first-order valence-electron chi connectivity index (χ1n) is 7.48. The first-order valence-corrected chi connectivity index (χ1v) is 7.48. The smallest absolute Gasteiger partial charge is 0.0738 e. The van der Waals surface area contributed by atoms with Crippen molar-refractivity contribution >= 4 is 11.4 Å². The highest BCUT2D eigenvalue weighted by Gasteiger charge is 2.17. The SMILES string of the molecule is CCCCCCN1CCN(c2ccncc2N)CC1. The summed E-state index contributed by atoms with van der Waals surface area (Å²) in [7, 11) is 0. The van der Waals surface area contributed by atoms with Gasteiger partial charge in [0.1, 0.15) is 0 Å². The van der Waals surface area contributed by atoms with Crippen LogP contribution in [-0.2, 0) is 0 Å². The molecular weight excluding hydrogens is 236 g/mol. The summed E-state index contributed by atoms with van der Waals surface area (Å²) in [4.78, 5) is 9.00. The Bertz CT molecular complexity index is 372. The molecule has 0 aliphatic carbocycles. The van der Waals surface area contributed by atoms with E-state index >= 15 is 0 Å². The molecule has 2 heterocycles.